The lowest BCUT2D eigenvalue weighted by Crippen LogP contribution is -2.15. The predicted octanol–water partition coefficient (Wildman–Crippen LogP) is 15.2. The van der Waals surface area contributed by atoms with Crippen molar-refractivity contribution in [3.05, 3.63) is 181 Å². The predicted molar refractivity (Wildman–Crippen MR) is 252 cm³/mol. The van der Waals surface area contributed by atoms with Crippen molar-refractivity contribution in [3.63, 3.8) is 0 Å². The highest BCUT2D eigenvalue weighted by atomic mass is 35.5. The summed E-state index contributed by atoms with van der Waals surface area (Å²) < 4.78 is 0. The van der Waals surface area contributed by atoms with Crippen LogP contribution in [-0.2, 0) is 0 Å². The molecule has 11 rings (SSSR count). The van der Waals surface area contributed by atoms with Gasteiger partial charge in [-0.2, -0.15) is 0 Å². The summed E-state index contributed by atoms with van der Waals surface area (Å²) in [5, 5.41) is 18.8. The number of benzene rings is 11. The molecule has 0 aliphatic rings. The van der Waals surface area contributed by atoms with Crippen LogP contribution in [0.4, 0.5) is 45.5 Å². The lowest BCUT2D eigenvalue weighted by atomic mass is 9.93. The van der Waals surface area contributed by atoms with E-state index in [2.05, 4.69) is 210 Å². The van der Waals surface area contributed by atoms with Gasteiger partial charge in [-0.15, -0.1) is 0 Å². The molecule has 0 bridgehead atoms. The van der Waals surface area contributed by atoms with E-state index in [-0.39, 0.29) is 0 Å². The van der Waals surface area contributed by atoms with Crippen molar-refractivity contribution in [1.82, 2.24) is 0 Å². The first-order chi connectivity index (χ1) is 28.5. The van der Waals surface area contributed by atoms with Gasteiger partial charge in [0.25, 0.3) is 0 Å². The minimum atomic E-state index is 0.647. The molecule has 0 aromatic heterocycles. The highest BCUT2D eigenvalue weighted by Crippen LogP contribution is 2.51. The average molecular weight is 767 g/mol. The molecule has 4 nitrogen and oxygen atoms in total. The van der Waals surface area contributed by atoms with E-state index in [0.717, 1.165) is 45.5 Å². The number of rotatable bonds is 8. The Balaban J connectivity index is 1.18. The topological polar surface area (TPSA) is 21.8 Å². The Bertz CT molecular complexity index is 3290. The van der Waals surface area contributed by atoms with Gasteiger partial charge in [0.1, 0.15) is 0 Å². The smallest absolute Gasteiger partial charge is 0.0887 e. The van der Waals surface area contributed by atoms with Gasteiger partial charge in [0.05, 0.1) is 27.8 Å². The zero-order chi connectivity index (χ0) is 39.1. The van der Waals surface area contributed by atoms with E-state index < -0.39 is 0 Å². The minimum absolute atomic E-state index is 0.647. The van der Waals surface area contributed by atoms with Gasteiger partial charge >= 0.3 is 0 Å². The van der Waals surface area contributed by atoms with Crippen LogP contribution in [0.15, 0.2) is 176 Å². The van der Waals surface area contributed by atoms with Crippen LogP contribution < -0.4 is 20.0 Å². The van der Waals surface area contributed by atoms with Crippen molar-refractivity contribution < 1.29 is 0 Å². The van der Waals surface area contributed by atoms with E-state index in [0.29, 0.717) is 5.02 Å². The van der Waals surface area contributed by atoms with Crippen molar-refractivity contribution in [2.45, 2.75) is 0 Å². The highest BCUT2D eigenvalue weighted by Gasteiger charge is 2.26. The van der Waals surface area contributed by atoms with Crippen molar-refractivity contribution in [2.75, 3.05) is 41.2 Å². The molecule has 11 aromatic carbocycles. The summed E-state index contributed by atoms with van der Waals surface area (Å²) in [6.07, 6.45) is 0. The zero-order valence-corrected chi connectivity index (χ0v) is 33.2. The first kappa shape index (κ1) is 34.3. The minimum Gasteiger partial charge on any atom is -0.388 e. The number of nitrogens with one attached hydrogen (secondary N) is 1. The maximum Gasteiger partial charge on any atom is 0.0887 e. The van der Waals surface area contributed by atoms with Crippen molar-refractivity contribution >= 4 is 122 Å². The summed E-state index contributed by atoms with van der Waals surface area (Å²) in [5.74, 6) is 0. The van der Waals surface area contributed by atoms with E-state index in [4.69, 9.17) is 11.6 Å². The molecule has 0 fully saturated rings. The lowest BCUT2D eigenvalue weighted by molar-refractivity contribution is 1.13. The highest BCUT2D eigenvalue weighted by molar-refractivity contribution is 6.37. The van der Waals surface area contributed by atoms with Gasteiger partial charge in [-0.25, -0.2) is 0 Å². The second-order valence-electron chi connectivity index (χ2n) is 15.4. The van der Waals surface area contributed by atoms with Crippen LogP contribution in [0.5, 0.6) is 0 Å². The molecule has 0 radical (unpaired) electrons. The number of hydrogen-bond acceptors (Lipinski definition) is 4. The fraction of sp³-hybridized carbons (Fsp3) is 0.0566. The molecule has 0 unspecified atom stereocenters. The molecule has 5 heteroatoms. The number of nitrogens with zero attached hydrogens (tertiary/aromatic N) is 3. The summed E-state index contributed by atoms with van der Waals surface area (Å²) in [6.45, 7) is 0. The van der Waals surface area contributed by atoms with Gasteiger partial charge in [0.15, 0.2) is 0 Å². The normalized spacial score (nSPS) is 11.8. The Kier molecular flexibility index (Phi) is 7.85. The van der Waals surface area contributed by atoms with Crippen LogP contribution in [0, 0.1) is 0 Å². The third-order valence-corrected chi connectivity index (χ3v) is 12.4. The summed E-state index contributed by atoms with van der Waals surface area (Å²) in [6, 6.07) is 63.9. The third kappa shape index (κ3) is 5.22. The maximum atomic E-state index is 7.94. The molecular weight excluding hydrogens is 728 g/mol. The first-order valence-corrected chi connectivity index (χ1v) is 20.1. The van der Waals surface area contributed by atoms with Crippen LogP contribution in [0.3, 0.4) is 0 Å². The molecule has 0 heterocycles. The molecule has 0 amide bonds. The van der Waals surface area contributed by atoms with Crippen molar-refractivity contribution in [1.29, 1.82) is 0 Å². The monoisotopic (exact) mass is 766 g/mol. The van der Waals surface area contributed by atoms with Gasteiger partial charge in [-0.1, -0.05) is 115 Å². The molecule has 0 saturated heterocycles. The van der Waals surface area contributed by atoms with Crippen LogP contribution in [0.25, 0.3) is 64.6 Å². The second-order valence-corrected chi connectivity index (χ2v) is 15.7. The van der Waals surface area contributed by atoms with Gasteiger partial charge in [0.2, 0.25) is 0 Å². The van der Waals surface area contributed by atoms with Gasteiger partial charge in [-0.3, -0.25) is 0 Å². The Morgan fingerprint density at radius 3 is 1.16 bits per heavy atom. The quantitative estimate of drug-likeness (QED) is 0.155. The van der Waals surface area contributed by atoms with Gasteiger partial charge < -0.3 is 20.0 Å². The van der Waals surface area contributed by atoms with Crippen LogP contribution in [0.2, 0.25) is 5.02 Å². The molecule has 11 aromatic rings. The molecular formula is C53H39ClN4. The van der Waals surface area contributed by atoms with E-state index in [1.165, 1.54) is 64.6 Å². The molecule has 0 spiro atoms. The Hall–Kier alpha value is -7.01. The fourth-order valence-corrected chi connectivity index (χ4v) is 9.47. The Morgan fingerprint density at radius 1 is 0.362 bits per heavy atom. The number of halogens is 1. The van der Waals surface area contributed by atoms with Crippen LogP contribution in [0.1, 0.15) is 0 Å². The molecule has 1 N–H and O–H groups in total. The fourth-order valence-electron chi connectivity index (χ4n) is 9.18. The second kappa shape index (κ2) is 13.3. The first-order valence-electron chi connectivity index (χ1n) is 19.7. The largest absolute Gasteiger partial charge is 0.388 e. The SMILES string of the molecule is CNc1ccc(N(c2cccc(N(c3ccc(N(C)C)cc3)c3ccc4ccc5cccc6ccc3c4c56)c2Cl)c2ccc3ccc4cccc5ccc2c3c45)cc1. The average Bonchev–Trinajstić information content (AvgIpc) is 3.27. The summed E-state index contributed by atoms with van der Waals surface area (Å²) in [4.78, 5) is 6.80. The van der Waals surface area contributed by atoms with Gasteiger partial charge in [0, 0.05) is 54.7 Å². The molecule has 58 heavy (non-hydrogen) atoms. The summed E-state index contributed by atoms with van der Waals surface area (Å²) in [5.41, 5.74) is 8.11. The number of hydrogen-bond donors (Lipinski definition) is 1. The van der Waals surface area contributed by atoms with E-state index in [1.54, 1.807) is 0 Å². The van der Waals surface area contributed by atoms with Crippen LogP contribution in [-0.4, -0.2) is 21.1 Å². The third-order valence-electron chi connectivity index (χ3n) is 12.0. The van der Waals surface area contributed by atoms with E-state index in [1.807, 2.05) is 7.05 Å². The summed E-state index contributed by atoms with van der Waals surface area (Å²) in [7, 11) is 6.10. The maximum absolute atomic E-state index is 7.94. The van der Waals surface area contributed by atoms with Crippen molar-refractivity contribution in [2.24, 2.45) is 0 Å². The van der Waals surface area contributed by atoms with Crippen LogP contribution >= 0.6 is 11.6 Å². The van der Waals surface area contributed by atoms with E-state index >= 15 is 0 Å². The molecule has 0 aliphatic carbocycles. The molecule has 0 atom stereocenters. The lowest BCUT2D eigenvalue weighted by Gasteiger charge is -2.32. The van der Waals surface area contributed by atoms with Gasteiger partial charge in [-0.05, 0) is 127 Å². The molecule has 0 saturated carbocycles. The summed E-state index contributed by atoms with van der Waals surface area (Å²) >= 11 is 7.94. The standard InChI is InChI=1S/C53H39ClN4/c1-55-39-21-23-41(24-22-39)57(45-31-19-37-15-13-33-7-4-9-35-17-29-43(45)51(37)49(33)35)47-11-6-12-48(53(47)54)58(42-27-25-40(26-28-42)56(2)3)46-32-20-38-16-14-34-8-5-10-36-18-30-44(46)52(38)50(34)36/h4-32,55H,1-3H3. The Morgan fingerprint density at radius 2 is 0.724 bits per heavy atom. The molecule has 278 valence electrons. The Labute approximate surface area is 342 Å². The number of anilines is 8. The zero-order valence-electron chi connectivity index (χ0n) is 32.5. The molecule has 0 aliphatic heterocycles. The van der Waals surface area contributed by atoms with E-state index in [9.17, 15) is 0 Å². The van der Waals surface area contributed by atoms with Crippen molar-refractivity contribution in [3.8, 4) is 0 Å².